The number of fused-ring (bicyclic) bond motifs is 1. The van der Waals surface area contributed by atoms with Crippen LogP contribution in [0.25, 0.3) is 5.52 Å². The Hall–Kier alpha value is -2.05. The molecule has 0 radical (unpaired) electrons. The van der Waals surface area contributed by atoms with Gasteiger partial charge in [0.15, 0.2) is 0 Å². The molecule has 1 amide bonds. The lowest BCUT2D eigenvalue weighted by Crippen LogP contribution is -2.47. The van der Waals surface area contributed by atoms with Crippen molar-refractivity contribution in [2.75, 3.05) is 57.4 Å². The van der Waals surface area contributed by atoms with Crippen molar-refractivity contribution in [2.24, 2.45) is 5.92 Å². The van der Waals surface area contributed by atoms with Crippen LogP contribution in [-0.4, -0.2) is 67.7 Å². The lowest BCUT2D eigenvalue weighted by molar-refractivity contribution is 0.0944. The smallest absolute Gasteiger partial charge is 0.252 e. The molecule has 2 aromatic heterocycles. The molecule has 4 rings (SSSR count). The van der Waals surface area contributed by atoms with Gasteiger partial charge in [0.05, 0.1) is 5.56 Å². The fourth-order valence-electron chi connectivity index (χ4n) is 3.93. The molecule has 2 fully saturated rings. The average Bonchev–Trinajstić information content (AvgIpc) is 3.43. The summed E-state index contributed by atoms with van der Waals surface area (Å²) in [6.07, 6.45) is 5.64. The molecule has 1 saturated carbocycles. The summed E-state index contributed by atoms with van der Waals surface area (Å²) in [6.45, 7) is 9.65. The molecule has 28 heavy (non-hydrogen) atoms. The summed E-state index contributed by atoms with van der Waals surface area (Å²) in [5.41, 5.74) is 1.83. The minimum absolute atomic E-state index is 0.0210. The third kappa shape index (κ3) is 4.67. The molecular weight excluding hydrogens is 352 g/mol. The minimum atomic E-state index is -0.0210. The first kappa shape index (κ1) is 19.3. The Morgan fingerprint density at radius 2 is 1.93 bits per heavy atom. The monoisotopic (exact) mass is 384 g/mol. The summed E-state index contributed by atoms with van der Waals surface area (Å²) >= 11 is 0. The van der Waals surface area contributed by atoms with Crippen molar-refractivity contribution >= 4 is 17.2 Å². The van der Waals surface area contributed by atoms with Crippen LogP contribution in [0, 0.1) is 5.92 Å². The molecule has 152 valence electrons. The van der Waals surface area contributed by atoms with Crippen LogP contribution < -0.4 is 10.2 Å². The molecule has 2 aromatic rings. The van der Waals surface area contributed by atoms with Gasteiger partial charge in [0.25, 0.3) is 5.91 Å². The second kappa shape index (κ2) is 8.97. The minimum Gasteiger partial charge on any atom is -0.382 e. The molecule has 0 unspecified atom stereocenters. The van der Waals surface area contributed by atoms with E-state index in [9.17, 15) is 4.79 Å². The highest BCUT2D eigenvalue weighted by Crippen LogP contribution is 2.30. The van der Waals surface area contributed by atoms with E-state index in [-0.39, 0.29) is 5.91 Å². The first-order chi connectivity index (χ1) is 13.7. The average molecular weight is 385 g/mol. The SMILES string of the molecule is CCOCCCNC(=O)c1ccc2ccc(N3CCN(CC4CC4)CC3)n2c1. The van der Waals surface area contributed by atoms with Gasteiger partial charge in [-0.1, -0.05) is 0 Å². The lowest BCUT2D eigenvalue weighted by Gasteiger charge is -2.35. The molecule has 0 atom stereocenters. The Bertz CT molecular complexity index is 791. The number of anilines is 1. The number of carbonyl (C=O) groups excluding carboxylic acids is 1. The zero-order valence-corrected chi connectivity index (χ0v) is 16.9. The van der Waals surface area contributed by atoms with Crippen LogP contribution in [-0.2, 0) is 4.74 Å². The first-order valence-electron chi connectivity index (χ1n) is 10.7. The predicted octanol–water partition coefficient (Wildman–Crippen LogP) is 2.63. The van der Waals surface area contributed by atoms with Gasteiger partial charge in [0, 0.05) is 64.2 Å². The Labute approximate surface area is 167 Å². The molecule has 1 saturated heterocycles. The van der Waals surface area contributed by atoms with E-state index < -0.39 is 0 Å². The maximum atomic E-state index is 12.5. The lowest BCUT2D eigenvalue weighted by atomic mass is 10.2. The molecule has 3 heterocycles. The van der Waals surface area contributed by atoms with Crippen molar-refractivity contribution < 1.29 is 9.53 Å². The Kier molecular flexibility index (Phi) is 6.17. The molecule has 1 N–H and O–H groups in total. The third-order valence-corrected chi connectivity index (χ3v) is 5.76. The topological polar surface area (TPSA) is 49.2 Å². The zero-order valence-electron chi connectivity index (χ0n) is 16.9. The maximum Gasteiger partial charge on any atom is 0.252 e. The van der Waals surface area contributed by atoms with E-state index >= 15 is 0 Å². The van der Waals surface area contributed by atoms with Crippen molar-refractivity contribution in [3.63, 3.8) is 0 Å². The third-order valence-electron chi connectivity index (χ3n) is 5.76. The van der Waals surface area contributed by atoms with Gasteiger partial charge < -0.3 is 19.4 Å². The van der Waals surface area contributed by atoms with E-state index in [2.05, 4.69) is 31.7 Å². The number of pyridine rings is 1. The summed E-state index contributed by atoms with van der Waals surface area (Å²) in [6, 6.07) is 8.25. The van der Waals surface area contributed by atoms with Gasteiger partial charge in [0.1, 0.15) is 5.82 Å². The largest absolute Gasteiger partial charge is 0.382 e. The summed E-state index contributed by atoms with van der Waals surface area (Å²) < 4.78 is 7.48. The second-order valence-electron chi connectivity index (χ2n) is 7.94. The van der Waals surface area contributed by atoms with Gasteiger partial charge in [-0.3, -0.25) is 9.69 Å². The standard InChI is InChI=1S/C22H32N4O2/c1-2-28-15-3-10-23-22(27)19-6-7-20-8-9-21(26(20)17-19)25-13-11-24(12-14-25)16-18-4-5-18/h6-9,17-18H,2-5,10-16H2,1H3,(H,23,27). The van der Waals surface area contributed by atoms with Crippen molar-refractivity contribution in [3.05, 3.63) is 36.0 Å². The zero-order chi connectivity index (χ0) is 19.3. The van der Waals surface area contributed by atoms with E-state index in [0.29, 0.717) is 18.7 Å². The quantitative estimate of drug-likeness (QED) is 0.676. The summed E-state index contributed by atoms with van der Waals surface area (Å²) in [4.78, 5) is 17.5. The van der Waals surface area contributed by atoms with Crippen LogP contribution in [0.4, 0.5) is 5.82 Å². The molecule has 0 aromatic carbocycles. The molecule has 1 aliphatic heterocycles. The van der Waals surface area contributed by atoms with Crippen LogP contribution in [0.5, 0.6) is 0 Å². The van der Waals surface area contributed by atoms with Crippen molar-refractivity contribution in [1.29, 1.82) is 0 Å². The molecular formula is C22H32N4O2. The van der Waals surface area contributed by atoms with Crippen LogP contribution in [0.3, 0.4) is 0 Å². The van der Waals surface area contributed by atoms with E-state index in [0.717, 1.165) is 50.6 Å². The highest BCUT2D eigenvalue weighted by Gasteiger charge is 2.27. The summed E-state index contributed by atoms with van der Waals surface area (Å²) in [7, 11) is 0. The van der Waals surface area contributed by atoms with Gasteiger partial charge in [0.2, 0.25) is 0 Å². The van der Waals surface area contributed by atoms with Crippen molar-refractivity contribution in [2.45, 2.75) is 26.2 Å². The second-order valence-corrected chi connectivity index (χ2v) is 7.94. The molecule has 2 aliphatic rings. The number of rotatable bonds is 9. The van der Waals surface area contributed by atoms with Crippen molar-refractivity contribution in [3.8, 4) is 0 Å². The Balaban J connectivity index is 1.38. The number of aromatic nitrogens is 1. The van der Waals surface area contributed by atoms with Gasteiger partial charge in [-0.2, -0.15) is 0 Å². The van der Waals surface area contributed by atoms with Crippen LogP contribution >= 0.6 is 0 Å². The van der Waals surface area contributed by atoms with Gasteiger partial charge in [-0.05, 0) is 56.4 Å². The predicted molar refractivity (Wildman–Crippen MR) is 112 cm³/mol. The maximum absolute atomic E-state index is 12.5. The first-order valence-corrected chi connectivity index (χ1v) is 10.7. The molecule has 0 spiro atoms. The molecule has 6 nitrogen and oxygen atoms in total. The van der Waals surface area contributed by atoms with Crippen molar-refractivity contribution in [1.82, 2.24) is 14.6 Å². The molecule has 0 bridgehead atoms. The van der Waals surface area contributed by atoms with Gasteiger partial charge in [-0.15, -0.1) is 0 Å². The van der Waals surface area contributed by atoms with E-state index in [1.165, 1.54) is 25.2 Å². The number of carbonyl (C=O) groups is 1. The number of nitrogens with one attached hydrogen (secondary N) is 1. The highest BCUT2D eigenvalue weighted by molar-refractivity contribution is 5.94. The number of hydrogen-bond donors (Lipinski definition) is 1. The van der Waals surface area contributed by atoms with Gasteiger partial charge in [-0.25, -0.2) is 0 Å². The fraction of sp³-hybridized carbons (Fsp3) is 0.591. The number of hydrogen-bond acceptors (Lipinski definition) is 4. The number of nitrogens with zero attached hydrogens (tertiary/aromatic N) is 3. The Morgan fingerprint density at radius 1 is 1.14 bits per heavy atom. The normalized spacial score (nSPS) is 18.0. The summed E-state index contributed by atoms with van der Waals surface area (Å²) in [5, 5.41) is 2.99. The summed E-state index contributed by atoms with van der Waals surface area (Å²) in [5.74, 6) is 2.12. The van der Waals surface area contributed by atoms with Crippen LogP contribution in [0.2, 0.25) is 0 Å². The van der Waals surface area contributed by atoms with Gasteiger partial charge >= 0.3 is 0 Å². The van der Waals surface area contributed by atoms with E-state index in [4.69, 9.17) is 4.74 Å². The van der Waals surface area contributed by atoms with E-state index in [1.807, 2.05) is 25.3 Å². The number of ether oxygens (including phenoxy) is 1. The molecule has 6 heteroatoms. The molecule has 1 aliphatic carbocycles. The van der Waals surface area contributed by atoms with Crippen LogP contribution in [0.1, 0.15) is 36.5 Å². The Morgan fingerprint density at radius 3 is 2.68 bits per heavy atom. The van der Waals surface area contributed by atoms with Crippen LogP contribution in [0.15, 0.2) is 30.5 Å². The number of piperazine rings is 1. The number of amides is 1. The highest BCUT2D eigenvalue weighted by atomic mass is 16.5. The fourth-order valence-corrected chi connectivity index (χ4v) is 3.93. The van der Waals surface area contributed by atoms with E-state index in [1.54, 1.807) is 0 Å².